The maximum Gasteiger partial charge on any atom is 0.243 e. The molecule has 1 atom stereocenters. The summed E-state index contributed by atoms with van der Waals surface area (Å²) in [5.41, 5.74) is 10.8. The Balaban J connectivity index is 1.34. The highest BCUT2D eigenvalue weighted by Gasteiger charge is 2.18. The van der Waals surface area contributed by atoms with Crippen molar-refractivity contribution in [1.29, 1.82) is 0 Å². The summed E-state index contributed by atoms with van der Waals surface area (Å²) in [5.74, 6) is -0.00914. The first-order valence-corrected chi connectivity index (χ1v) is 13.2. The van der Waals surface area contributed by atoms with Crippen molar-refractivity contribution in [2.45, 2.75) is 64.3 Å². The second-order valence-corrected chi connectivity index (χ2v) is 10.8. The Hall–Kier alpha value is -4.17. The van der Waals surface area contributed by atoms with Crippen molar-refractivity contribution in [3.8, 4) is 22.9 Å². The van der Waals surface area contributed by atoms with Crippen molar-refractivity contribution in [3.05, 3.63) is 89.8 Å². The summed E-state index contributed by atoms with van der Waals surface area (Å²) in [6.07, 6.45) is 4.18. The number of rotatable bonds is 10. The van der Waals surface area contributed by atoms with Crippen LogP contribution in [0, 0.1) is 0 Å². The Kier molecular flexibility index (Phi) is 8.66. The molecule has 4 aromatic rings. The van der Waals surface area contributed by atoms with E-state index in [1.165, 1.54) is 17.7 Å². The highest BCUT2D eigenvalue weighted by atomic mass is 16.3. The van der Waals surface area contributed by atoms with Crippen LogP contribution in [-0.2, 0) is 27.8 Å². The van der Waals surface area contributed by atoms with Crippen molar-refractivity contribution in [1.82, 2.24) is 15.1 Å². The molecule has 0 radical (unpaired) electrons. The second-order valence-electron chi connectivity index (χ2n) is 10.8. The largest absolute Gasteiger partial charge is 0.508 e. The van der Waals surface area contributed by atoms with Crippen LogP contribution in [0.15, 0.2) is 77.4 Å². The zero-order chi connectivity index (χ0) is 28.0. The summed E-state index contributed by atoms with van der Waals surface area (Å²) in [6.45, 7) is 6.55. The summed E-state index contributed by atoms with van der Waals surface area (Å²) in [6, 6.07) is 19.8. The average Bonchev–Trinajstić information content (AvgIpc) is 3.58. The van der Waals surface area contributed by atoms with Gasteiger partial charge < -0.3 is 15.3 Å². The van der Waals surface area contributed by atoms with Gasteiger partial charge in [0.25, 0.3) is 0 Å². The number of imide groups is 1. The molecule has 204 valence electrons. The molecular formula is C31H36N4O4. The number of benzene rings is 2. The SMILES string of the molecule is CC(C)(C)c1ccc(-n2nc(-c3ccco3)cc2CCCCC(=O)NC(=O)[C@@H](N)Cc2ccc(O)cc2)cc1. The van der Waals surface area contributed by atoms with Gasteiger partial charge in [-0.1, -0.05) is 45.0 Å². The molecule has 0 aliphatic carbocycles. The van der Waals surface area contributed by atoms with E-state index in [1.54, 1.807) is 18.4 Å². The average molecular weight is 529 g/mol. The van der Waals surface area contributed by atoms with Crippen molar-refractivity contribution >= 4 is 11.8 Å². The molecule has 2 aromatic carbocycles. The monoisotopic (exact) mass is 528 g/mol. The number of aryl methyl sites for hydroxylation is 1. The Bertz CT molecular complexity index is 1380. The number of nitrogens with two attached hydrogens (primary N) is 1. The minimum absolute atomic E-state index is 0.0577. The number of hydrogen-bond donors (Lipinski definition) is 3. The first-order valence-electron chi connectivity index (χ1n) is 13.2. The van der Waals surface area contributed by atoms with Crippen LogP contribution in [0.2, 0.25) is 0 Å². The van der Waals surface area contributed by atoms with Crippen LogP contribution in [0.25, 0.3) is 17.1 Å². The molecule has 4 N–H and O–H groups in total. The Labute approximate surface area is 228 Å². The van der Waals surface area contributed by atoms with Crippen LogP contribution in [0.5, 0.6) is 5.75 Å². The van der Waals surface area contributed by atoms with Crippen molar-refractivity contribution < 1.29 is 19.1 Å². The molecule has 2 amide bonds. The number of aromatic nitrogens is 2. The number of nitrogens with one attached hydrogen (secondary N) is 1. The third-order valence-electron chi connectivity index (χ3n) is 6.61. The predicted molar refractivity (Wildman–Crippen MR) is 150 cm³/mol. The Morgan fingerprint density at radius 2 is 1.77 bits per heavy atom. The summed E-state index contributed by atoms with van der Waals surface area (Å²) in [5, 5.41) is 16.6. The fraction of sp³-hybridized carbons (Fsp3) is 0.323. The van der Waals surface area contributed by atoms with Crippen molar-refractivity contribution in [3.63, 3.8) is 0 Å². The molecule has 0 bridgehead atoms. The molecule has 0 aliphatic rings. The molecule has 2 heterocycles. The molecule has 4 rings (SSSR count). The third-order valence-corrected chi connectivity index (χ3v) is 6.61. The van der Waals surface area contributed by atoms with Gasteiger partial charge in [-0.2, -0.15) is 5.10 Å². The number of unbranched alkanes of at least 4 members (excludes halogenated alkanes) is 1. The molecule has 39 heavy (non-hydrogen) atoms. The van der Waals surface area contributed by atoms with Gasteiger partial charge in [-0.05, 0) is 84.7 Å². The zero-order valence-electron chi connectivity index (χ0n) is 22.7. The van der Waals surface area contributed by atoms with E-state index in [0.717, 1.165) is 29.1 Å². The molecule has 0 aliphatic heterocycles. The van der Waals surface area contributed by atoms with Crippen molar-refractivity contribution in [2.24, 2.45) is 5.73 Å². The number of hydrogen-bond acceptors (Lipinski definition) is 6. The number of phenolic OH excluding ortho intramolecular Hbond substituents is 1. The molecule has 8 heteroatoms. The van der Waals surface area contributed by atoms with E-state index in [9.17, 15) is 14.7 Å². The lowest BCUT2D eigenvalue weighted by molar-refractivity contribution is -0.131. The van der Waals surface area contributed by atoms with Gasteiger partial charge in [0.05, 0.1) is 18.0 Å². The lowest BCUT2D eigenvalue weighted by Gasteiger charge is -2.19. The third kappa shape index (κ3) is 7.45. The van der Waals surface area contributed by atoms with E-state index >= 15 is 0 Å². The lowest BCUT2D eigenvalue weighted by atomic mass is 9.87. The Morgan fingerprint density at radius 3 is 2.41 bits per heavy atom. The normalized spacial score (nSPS) is 12.3. The summed E-state index contributed by atoms with van der Waals surface area (Å²) >= 11 is 0. The van der Waals surface area contributed by atoms with E-state index in [-0.39, 0.29) is 29.9 Å². The number of aromatic hydroxyl groups is 1. The first-order chi connectivity index (χ1) is 18.6. The highest BCUT2D eigenvalue weighted by Crippen LogP contribution is 2.26. The number of phenols is 1. The van der Waals surface area contributed by atoms with Gasteiger partial charge in [0.1, 0.15) is 11.4 Å². The molecule has 0 fully saturated rings. The minimum atomic E-state index is -0.850. The van der Waals surface area contributed by atoms with E-state index in [0.29, 0.717) is 18.6 Å². The van der Waals surface area contributed by atoms with Gasteiger partial charge in [0.15, 0.2) is 5.76 Å². The fourth-order valence-corrected chi connectivity index (χ4v) is 4.33. The maximum atomic E-state index is 12.4. The first kappa shape index (κ1) is 27.9. The molecule has 0 spiro atoms. The van der Waals surface area contributed by atoms with Gasteiger partial charge in [-0.15, -0.1) is 0 Å². The van der Waals surface area contributed by atoms with Crippen molar-refractivity contribution in [2.75, 3.05) is 0 Å². The topological polar surface area (TPSA) is 123 Å². The highest BCUT2D eigenvalue weighted by molar-refractivity contribution is 5.97. The molecular weight excluding hydrogens is 492 g/mol. The summed E-state index contributed by atoms with van der Waals surface area (Å²) < 4.78 is 7.49. The van der Waals surface area contributed by atoms with Crippen LogP contribution in [0.4, 0.5) is 0 Å². The molecule has 0 saturated heterocycles. The van der Waals surface area contributed by atoms with Gasteiger partial charge in [0.2, 0.25) is 11.8 Å². The number of nitrogens with zero attached hydrogens (tertiary/aromatic N) is 2. The molecule has 8 nitrogen and oxygen atoms in total. The minimum Gasteiger partial charge on any atom is -0.508 e. The van der Waals surface area contributed by atoms with Crippen LogP contribution in [0.1, 0.15) is 56.9 Å². The number of carbonyl (C=O) groups is 2. The van der Waals surface area contributed by atoms with Gasteiger partial charge in [-0.25, -0.2) is 4.68 Å². The van der Waals surface area contributed by atoms with E-state index in [1.807, 2.05) is 22.9 Å². The van der Waals surface area contributed by atoms with Crippen LogP contribution < -0.4 is 11.1 Å². The summed E-state index contributed by atoms with van der Waals surface area (Å²) in [7, 11) is 0. The fourth-order valence-electron chi connectivity index (χ4n) is 4.33. The molecule has 0 unspecified atom stereocenters. The quantitative estimate of drug-likeness (QED) is 0.247. The standard InChI is InChI=1S/C31H36N4O4/c1-31(2,3)22-12-14-23(15-13-22)35-24(20-27(34-35)28-8-6-18-39-28)7-4-5-9-29(37)33-30(38)26(32)19-21-10-16-25(36)17-11-21/h6,8,10-18,20,26,36H,4-5,7,9,19,32H2,1-3H3,(H,33,37,38)/t26-/m0/s1. The summed E-state index contributed by atoms with van der Waals surface area (Å²) in [4.78, 5) is 24.7. The zero-order valence-corrected chi connectivity index (χ0v) is 22.7. The van der Waals surface area contributed by atoms with Gasteiger partial charge >= 0.3 is 0 Å². The smallest absolute Gasteiger partial charge is 0.243 e. The maximum absolute atomic E-state index is 12.4. The van der Waals surface area contributed by atoms with E-state index in [4.69, 9.17) is 15.2 Å². The molecule has 0 saturated carbocycles. The van der Waals surface area contributed by atoms with Crippen LogP contribution in [-0.4, -0.2) is 32.7 Å². The van der Waals surface area contributed by atoms with E-state index < -0.39 is 11.9 Å². The van der Waals surface area contributed by atoms with Gasteiger partial charge in [-0.3, -0.25) is 14.9 Å². The second kappa shape index (κ2) is 12.1. The Morgan fingerprint density at radius 1 is 1.05 bits per heavy atom. The number of furan rings is 1. The van der Waals surface area contributed by atoms with Crippen LogP contribution in [0.3, 0.4) is 0 Å². The van der Waals surface area contributed by atoms with Gasteiger partial charge in [0, 0.05) is 12.1 Å². The lowest BCUT2D eigenvalue weighted by Crippen LogP contribution is -2.44. The van der Waals surface area contributed by atoms with E-state index in [2.05, 4.69) is 50.4 Å². The molecule has 2 aromatic heterocycles. The number of carbonyl (C=O) groups excluding carboxylic acids is 2. The predicted octanol–water partition coefficient (Wildman–Crippen LogP) is 5.06. The van der Waals surface area contributed by atoms with Crippen LogP contribution >= 0.6 is 0 Å². The number of amides is 2.